The summed E-state index contributed by atoms with van der Waals surface area (Å²) in [6.45, 7) is 3.55. The van der Waals surface area contributed by atoms with Gasteiger partial charge in [-0.2, -0.15) is 4.67 Å². The van der Waals surface area contributed by atoms with Gasteiger partial charge in [-0.3, -0.25) is 4.79 Å². The molecule has 0 heterocycles. The lowest BCUT2D eigenvalue weighted by Gasteiger charge is -2.09. The predicted octanol–water partition coefficient (Wildman–Crippen LogP) is 0.589. The zero-order chi connectivity index (χ0) is 12.6. The van der Waals surface area contributed by atoms with Crippen LogP contribution in [0.25, 0.3) is 0 Å². The van der Waals surface area contributed by atoms with Crippen LogP contribution in [0.4, 0.5) is 0 Å². The Morgan fingerprint density at radius 1 is 1.44 bits per heavy atom. The van der Waals surface area contributed by atoms with Gasteiger partial charge in [0.05, 0.1) is 12.5 Å². The van der Waals surface area contributed by atoms with Crippen molar-refractivity contribution in [1.82, 2.24) is 0 Å². The number of carbonyl (C=O) groups excluding carboxylic acids is 1. The Labute approximate surface area is 93.7 Å². The molecule has 0 aliphatic heterocycles. The number of hydrogen-bond donors (Lipinski definition) is 3. The highest BCUT2D eigenvalue weighted by atomic mass is 31.2. The summed E-state index contributed by atoms with van der Waals surface area (Å²) in [6.07, 6.45) is 0.687. The summed E-state index contributed by atoms with van der Waals surface area (Å²) in [5.41, 5.74) is 0. The molecule has 1 atom stereocenters. The highest BCUT2D eigenvalue weighted by Crippen LogP contribution is 2.35. The molecule has 8 heteroatoms. The zero-order valence-electron chi connectivity index (χ0n) is 9.20. The van der Waals surface area contributed by atoms with Crippen molar-refractivity contribution in [1.29, 1.82) is 0 Å². The van der Waals surface area contributed by atoms with Crippen LogP contribution in [-0.2, 0) is 18.9 Å². The topological polar surface area (TPSA) is 105 Å². The molecule has 0 fully saturated rings. The second-order valence-corrected chi connectivity index (χ2v) is 4.68. The molecule has 0 amide bonds. The van der Waals surface area contributed by atoms with Gasteiger partial charge in [-0.25, -0.2) is 5.26 Å². The fraction of sp³-hybridized carbons (Fsp3) is 0.750. The van der Waals surface area contributed by atoms with Crippen LogP contribution in [0, 0.1) is 5.92 Å². The fourth-order valence-corrected chi connectivity index (χ4v) is 1.01. The average molecular weight is 256 g/mol. The van der Waals surface area contributed by atoms with Gasteiger partial charge in [-0.1, -0.05) is 13.8 Å². The van der Waals surface area contributed by atoms with Crippen molar-refractivity contribution in [2.24, 2.45) is 5.92 Å². The number of esters is 1. The van der Waals surface area contributed by atoms with Crippen molar-refractivity contribution >= 4 is 19.5 Å². The summed E-state index contributed by atoms with van der Waals surface area (Å²) in [5.74, 6) is 0.0648. The Kier molecular flexibility index (Phi) is 7.57. The van der Waals surface area contributed by atoms with Crippen LogP contribution in [0.15, 0.2) is 0 Å². The van der Waals surface area contributed by atoms with E-state index in [2.05, 4.69) is 9.41 Å². The molecule has 7 nitrogen and oxygen atoms in total. The molecule has 16 heavy (non-hydrogen) atoms. The molecule has 3 N–H and O–H groups in total. The van der Waals surface area contributed by atoms with E-state index >= 15 is 0 Å². The van der Waals surface area contributed by atoms with Gasteiger partial charge in [0.1, 0.15) is 12.6 Å². The van der Waals surface area contributed by atoms with Gasteiger partial charge in [0.15, 0.2) is 0 Å². The number of carbonyl (C=O) groups is 1. The van der Waals surface area contributed by atoms with E-state index < -0.39 is 7.57 Å². The standard InChI is InChI=1S/C8H17O7P/c1-3-7(2)8(9)14-5-4-13-6-16(11,12)15-10/h6-7,10-12H,3-5H2,1-2H3. The molecule has 0 aromatic heterocycles. The van der Waals surface area contributed by atoms with Crippen LogP contribution in [0.3, 0.4) is 0 Å². The summed E-state index contributed by atoms with van der Waals surface area (Å²) in [7, 11) is -3.94. The van der Waals surface area contributed by atoms with Gasteiger partial charge in [0, 0.05) is 0 Å². The summed E-state index contributed by atoms with van der Waals surface area (Å²) >= 11 is 0. The van der Waals surface area contributed by atoms with Gasteiger partial charge < -0.3 is 19.3 Å². The maximum absolute atomic E-state index is 11.1. The van der Waals surface area contributed by atoms with Crippen LogP contribution in [0.2, 0.25) is 0 Å². The first kappa shape index (κ1) is 15.6. The fourth-order valence-electron chi connectivity index (χ4n) is 0.668. The van der Waals surface area contributed by atoms with E-state index in [0.717, 1.165) is 0 Å². The second-order valence-electron chi connectivity index (χ2n) is 3.12. The van der Waals surface area contributed by atoms with E-state index in [9.17, 15) is 4.79 Å². The third-order valence-electron chi connectivity index (χ3n) is 1.79. The van der Waals surface area contributed by atoms with E-state index in [0.29, 0.717) is 12.4 Å². The van der Waals surface area contributed by atoms with Gasteiger partial charge in [0.25, 0.3) is 0 Å². The quantitative estimate of drug-likeness (QED) is 0.201. The molecular formula is C8H17O7P. The summed E-state index contributed by atoms with van der Waals surface area (Å²) < 4.78 is 12.8. The SMILES string of the molecule is CCC(C)C(=O)OCCOC=P(O)(O)OO. The van der Waals surface area contributed by atoms with E-state index in [1.165, 1.54) is 0 Å². The van der Waals surface area contributed by atoms with Crippen LogP contribution in [0.1, 0.15) is 20.3 Å². The number of hydrogen-bond acceptors (Lipinski definition) is 7. The van der Waals surface area contributed by atoms with Gasteiger partial charge >= 0.3 is 13.5 Å². The Balaban J connectivity index is 3.70. The van der Waals surface area contributed by atoms with Crippen molar-refractivity contribution < 1.29 is 34.0 Å². The molecule has 0 aromatic carbocycles. The normalized spacial score (nSPS) is 13.3. The maximum Gasteiger partial charge on any atom is 0.308 e. The molecule has 0 aliphatic rings. The molecule has 0 aliphatic carbocycles. The van der Waals surface area contributed by atoms with E-state index in [4.69, 9.17) is 19.8 Å². The van der Waals surface area contributed by atoms with Gasteiger partial charge in [-0.15, -0.1) is 0 Å². The highest BCUT2D eigenvalue weighted by molar-refractivity contribution is 7.58. The smallest absolute Gasteiger partial charge is 0.308 e. The minimum absolute atomic E-state index is 0.00883. The monoisotopic (exact) mass is 256 g/mol. The average Bonchev–Trinajstić information content (AvgIpc) is 2.27. The first-order valence-electron chi connectivity index (χ1n) is 4.73. The molecule has 0 rings (SSSR count). The van der Waals surface area contributed by atoms with Crippen molar-refractivity contribution in [2.45, 2.75) is 20.3 Å². The highest BCUT2D eigenvalue weighted by Gasteiger charge is 2.12. The van der Waals surface area contributed by atoms with Crippen LogP contribution >= 0.6 is 7.57 Å². The molecule has 0 saturated carbocycles. The Morgan fingerprint density at radius 3 is 2.56 bits per heavy atom. The summed E-state index contributed by atoms with van der Waals surface area (Å²) in [4.78, 5) is 28.7. The Hall–Kier alpha value is -0.430. The molecule has 0 aromatic rings. The zero-order valence-corrected chi connectivity index (χ0v) is 10.1. The summed E-state index contributed by atoms with van der Waals surface area (Å²) in [5, 5.41) is 8.00. The first-order valence-corrected chi connectivity index (χ1v) is 6.41. The van der Waals surface area contributed by atoms with Crippen molar-refractivity contribution in [3.8, 4) is 0 Å². The molecule has 0 saturated heterocycles. The number of ether oxygens (including phenoxy) is 2. The minimum atomic E-state index is -3.94. The molecule has 0 bridgehead atoms. The molecule has 1 unspecified atom stereocenters. The van der Waals surface area contributed by atoms with Crippen molar-refractivity contribution in [2.75, 3.05) is 13.2 Å². The maximum atomic E-state index is 11.1. The van der Waals surface area contributed by atoms with E-state index in [1.54, 1.807) is 6.92 Å². The lowest BCUT2D eigenvalue weighted by atomic mass is 10.1. The van der Waals surface area contributed by atoms with Crippen LogP contribution in [0.5, 0.6) is 0 Å². The molecule has 0 spiro atoms. The second kappa shape index (κ2) is 7.78. The lowest BCUT2D eigenvalue weighted by Crippen LogP contribution is -2.16. The van der Waals surface area contributed by atoms with Crippen molar-refractivity contribution in [3.05, 3.63) is 0 Å². The lowest BCUT2D eigenvalue weighted by molar-refractivity contribution is -0.149. The van der Waals surface area contributed by atoms with Crippen LogP contribution < -0.4 is 0 Å². The largest absolute Gasteiger partial charge is 0.463 e. The molecule has 96 valence electrons. The molecule has 0 radical (unpaired) electrons. The predicted molar refractivity (Wildman–Crippen MR) is 57.5 cm³/mol. The molecular weight excluding hydrogens is 239 g/mol. The van der Waals surface area contributed by atoms with Gasteiger partial charge in [-0.05, 0) is 6.42 Å². The summed E-state index contributed by atoms with van der Waals surface area (Å²) in [6, 6.07) is 0. The third-order valence-corrected chi connectivity index (χ3v) is 2.46. The minimum Gasteiger partial charge on any atom is -0.463 e. The first-order chi connectivity index (χ1) is 7.43. The van der Waals surface area contributed by atoms with Gasteiger partial charge in [0.2, 0.25) is 0 Å². The van der Waals surface area contributed by atoms with Crippen LogP contribution in [-0.4, -0.2) is 40.2 Å². The Morgan fingerprint density at radius 2 is 2.06 bits per heavy atom. The van der Waals surface area contributed by atoms with E-state index in [1.807, 2.05) is 6.92 Å². The van der Waals surface area contributed by atoms with Crippen molar-refractivity contribution in [3.63, 3.8) is 0 Å². The van der Waals surface area contributed by atoms with E-state index in [-0.39, 0.29) is 25.1 Å². The third kappa shape index (κ3) is 6.95. The Bertz CT molecular complexity index is 259. The number of rotatable bonds is 7.